The normalized spacial score (nSPS) is 23.9. The van der Waals surface area contributed by atoms with Crippen molar-refractivity contribution >= 4 is 83.2 Å². The number of thioether (sulfide) groups is 1. The minimum atomic E-state index is -2.45. The molecule has 3 aliphatic heterocycles. The Hall–Kier alpha value is -8.17. The summed E-state index contributed by atoms with van der Waals surface area (Å²) >= 11 is 1.44. The molecule has 20 atom stereocenters. The summed E-state index contributed by atoms with van der Waals surface area (Å²) < 4.78 is 5.84. The van der Waals surface area contributed by atoms with Crippen molar-refractivity contribution in [3.63, 3.8) is 0 Å². The maximum atomic E-state index is 15.5. The molecular formula is C79H128N14O21S. The van der Waals surface area contributed by atoms with Gasteiger partial charge >= 0.3 is 0 Å². The number of carbonyl (C=O) groups excluding carboxylic acids is 12. The van der Waals surface area contributed by atoms with Crippen LogP contribution in [0, 0.1) is 17.8 Å². The summed E-state index contributed by atoms with van der Waals surface area (Å²) in [4.78, 5) is 174. The van der Waals surface area contributed by atoms with Crippen LogP contribution in [0.15, 0.2) is 54.6 Å². The number of aliphatic hydroxyl groups excluding tert-OH is 7. The molecule has 3 fully saturated rings. The molecule has 0 aliphatic carbocycles. The average molecular weight is 1640 g/mol. The van der Waals surface area contributed by atoms with E-state index in [0.29, 0.717) is 48.8 Å². The van der Waals surface area contributed by atoms with Gasteiger partial charge in [-0.05, 0) is 124 Å². The van der Waals surface area contributed by atoms with Crippen molar-refractivity contribution in [2.75, 3.05) is 51.3 Å². The summed E-state index contributed by atoms with van der Waals surface area (Å²) in [6, 6.07) is -4.08. The summed E-state index contributed by atoms with van der Waals surface area (Å²) in [5.41, 5.74) is 12.2. The minimum Gasteiger partial charge on any atom is -0.508 e. The van der Waals surface area contributed by atoms with Crippen LogP contribution in [0.5, 0.6) is 5.75 Å². The van der Waals surface area contributed by atoms with E-state index >= 15 is 9.59 Å². The molecule has 115 heavy (non-hydrogen) atoms. The van der Waals surface area contributed by atoms with E-state index in [4.69, 9.17) is 16.2 Å². The van der Waals surface area contributed by atoms with Gasteiger partial charge in [0, 0.05) is 51.9 Å². The molecular weight excluding hydrogens is 1510 g/mol. The minimum absolute atomic E-state index is 0.0488. The molecule has 2 aromatic rings. The van der Waals surface area contributed by atoms with Gasteiger partial charge in [0.05, 0.1) is 31.0 Å². The van der Waals surface area contributed by atoms with Crippen LogP contribution in [0.25, 0.3) is 0 Å². The van der Waals surface area contributed by atoms with E-state index in [2.05, 4.69) is 73.9 Å². The lowest BCUT2D eigenvalue weighted by molar-refractivity contribution is -0.150. The maximum Gasteiger partial charge on any atom is 0.248 e. The topological polar surface area (TPSA) is 555 Å². The largest absolute Gasteiger partial charge is 0.508 e. The number of phenolic OH excluding ortho intramolecular Hbond substituents is 1. The summed E-state index contributed by atoms with van der Waals surface area (Å²) in [6.07, 6.45) is -6.88. The molecule has 3 heterocycles. The van der Waals surface area contributed by atoms with E-state index < -0.39 is 213 Å². The Morgan fingerprint density at radius 1 is 0.635 bits per heavy atom. The number of phenols is 1. The third-order valence-corrected chi connectivity index (χ3v) is 21.7. The Labute approximate surface area is 677 Å². The molecule has 0 radical (unpaired) electrons. The van der Waals surface area contributed by atoms with Crippen LogP contribution >= 0.6 is 11.8 Å². The number of unbranched alkanes of at least 4 members (excludes halogenated alkanes) is 6. The zero-order valence-corrected chi connectivity index (χ0v) is 68.1. The van der Waals surface area contributed by atoms with Gasteiger partial charge in [-0.25, -0.2) is 0 Å². The lowest BCUT2D eigenvalue weighted by atomic mass is 9.91. The van der Waals surface area contributed by atoms with E-state index in [1.54, 1.807) is 30.3 Å². The fraction of sp³-hybridized carbons (Fsp3) is 0.696. The second-order valence-electron chi connectivity index (χ2n) is 31.0. The number of nitrogens with zero attached hydrogens (tertiary/aromatic N) is 2. The number of rotatable bonds is 44. The van der Waals surface area contributed by atoms with Gasteiger partial charge in [-0.2, -0.15) is 11.8 Å². The molecule has 22 N–H and O–H groups in total. The Bertz CT molecular complexity index is 3410. The summed E-state index contributed by atoms with van der Waals surface area (Å²) in [7, 11) is 0. The number of amides is 12. The van der Waals surface area contributed by atoms with Crippen LogP contribution in [0.4, 0.5) is 0 Å². The van der Waals surface area contributed by atoms with Crippen molar-refractivity contribution in [3.8, 4) is 5.75 Å². The molecule has 35 nitrogen and oxygen atoms in total. The van der Waals surface area contributed by atoms with Crippen LogP contribution in [0.2, 0.25) is 0 Å². The predicted molar refractivity (Wildman–Crippen MR) is 426 cm³/mol. The number of aromatic hydroxyl groups is 1. The van der Waals surface area contributed by atoms with E-state index in [9.17, 15) is 88.8 Å². The SMILES string of the molecule is CC[C@H](C)C[C@H](C)CCCCCCCCC(=O)N[C@H]1C[C@@H](O)[C@@H](OCCN)NC(=O)[C@@H]2[C@@H](O)CCN2C(=O)[C@H]([C@H](O)CCNC(=O)[C@H](CCCCN)NC(=O)[C@H](Cc2ccccc2)NC(=O)[C@H](CC(C)C)NC(=O)[C@H](CCSC)NC=O)NC(=O)[C@H]([C@H](O)[C@@H](O)c2ccc(O)cc2)NC(=O)[C@@H]2C[C@@H](O)CN2C(=O)[C@H]([C@@H](C)O)NC1=O. The van der Waals surface area contributed by atoms with Crippen molar-refractivity contribution in [1.29, 1.82) is 0 Å². The van der Waals surface area contributed by atoms with E-state index in [1.807, 2.05) is 20.1 Å². The van der Waals surface area contributed by atoms with E-state index in [-0.39, 0.29) is 81.9 Å². The molecule has 646 valence electrons. The third-order valence-electron chi connectivity index (χ3n) is 21.1. The van der Waals surface area contributed by atoms with Gasteiger partial charge in [0.1, 0.15) is 84.5 Å². The number of benzene rings is 2. The van der Waals surface area contributed by atoms with Crippen molar-refractivity contribution < 1.29 is 103 Å². The molecule has 12 amide bonds. The van der Waals surface area contributed by atoms with Crippen LogP contribution < -0.4 is 64.6 Å². The number of nitrogens with two attached hydrogens (primary N) is 2. The standard InChI is InChI=1S/C79H128N14O21S/c1-8-46(4)39-47(5)20-14-11-9-10-12-17-24-62(101)84-57-42-61(100)77(114-36-33-81)91-76(111)66-60(99)30-35-92(66)79(113)64(89-75(110)65(68(103)67(102)50-25-27-51(96)28-26-50)90-74(109)58-41-52(97)43-93(58)78(112)63(48(6)95)88-73(57)108)59(98)29-34-82-69(104)54(23-18-19-32-80)85-72(107)56(40-49-21-15-13-16-22-49)87-71(106)55(38-45(2)3)86-70(105)53(83-44-94)31-37-115-7/h13,15-16,21-22,25-28,44-48,52-61,63-68,77,95-100,102-103H,8-12,14,17-20,23-24,29-43,80-81H2,1-7H3,(H,82,104)(H,83,94)(H,84,101)(H,85,107)(H,86,105)(H,87,106)(H,88,108)(H,89,110)(H,90,109)(H,91,111)/t46-,47+,48+,52+,53-,54-,55-,56-,57-,58-,59+,60-,61+,63-,64-,65-,66-,67-,68-,77+/m0/s1. The molecule has 5 rings (SSSR count). The first-order chi connectivity index (χ1) is 54.8. The van der Waals surface area contributed by atoms with E-state index in [0.717, 1.165) is 85.9 Å². The van der Waals surface area contributed by atoms with Gasteiger partial charge in [-0.15, -0.1) is 0 Å². The molecule has 0 bridgehead atoms. The lowest BCUT2D eigenvalue weighted by Gasteiger charge is -2.35. The highest BCUT2D eigenvalue weighted by Gasteiger charge is 2.50. The molecule has 3 saturated heterocycles. The first kappa shape index (κ1) is 97.4. The summed E-state index contributed by atoms with van der Waals surface area (Å²) in [6.45, 7) is 9.31. The monoisotopic (exact) mass is 1640 g/mol. The van der Waals surface area contributed by atoms with Crippen molar-refractivity contribution in [2.45, 2.75) is 279 Å². The molecule has 2 aromatic carbocycles. The highest BCUT2D eigenvalue weighted by molar-refractivity contribution is 7.98. The van der Waals surface area contributed by atoms with Crippen LogP contribution in [-0.4, -0.2) is 277 Å². The van der Waals surface area contributed by atoms with Gasteiger partial charge in [0.2, 0.25) is 71.4 Å². The van der Waals surface area contributed by atoms with Gasteiger partial charge < -0.3 is 120 Å². The highest BCUT2D eigenvalue weighted by Crippen LogP contribution is 2.28. The second kappa shape index (κ2) is 50.5. The van der Waals surface area contributed by atoms with Gasteiger partial charge in [-0.3, -0.25) is 57.5 Å². The lowest BCUT2D eigenvalue weighted by Crippen LogP contribution is -2.64. The number of fused-ring (bicyclic) bond motifs is 2. The first-order valence-electron chi connectivity index (χ1n) is 40.4. The fourth-order valence-corrected chi connectivity index (χ4v) is 14.9. The second-order valence-corrected chi connectivity index (χ2v) is 32.0. The molecule has 3 aliphatic rings. The Kier molecular flexibility index (Phi) is 42.7. The molecule has 0 saturated carbocycles. The Morgan fingerprint density at radius 2 is 1.25 bits per heavy atom. The predicted octanol–water partition coefficient (Wildman–Crippen LogP) is -1.99. The van der Waals surface area contributed by atoms with Crippen LogP contribution in [-0.2, 0) is 68.7 Å². The summed E-state index contributed by atoms with van der Waals surface area (Å²) in [5.74, 6) is -10.2. The smallest absolute Gasteiger partial charge is 0.248 e. The zero-order valence-electron chi connectivity index (χ0n) is 67.3. The zero-order chi connectivity index (χ0) is 85.0. The molecule has 0 aromatic heterocycles. The maximum absolute atomic E-state index is 15.5. The number of ether oxygens (including phenoxy) is 1. The molecule has 36 heteroatoms. The van der Waals surface area contributed by atoms with Crippen molar-refractivity contribution in [1.82, 2.24) is 63.0 Å². The van der Waals surface area contributed by atoms with E-state index in [1.165, 1.54) is 11.8 Å². The summed E-state index contributed by atoms with van der Waals surface area (Å²) in [5, 5.41) is 118. The van der Waals surface area contributed by atoms with Gasteiger partial charge in [-0.1, -0.05) is 122 Å². The Balaban J connectivity index is 1.54. The number of hydrogen-bond donors (Lipinski definition) is 20. The number of nitrogens with one attached hydrogen (secondary N) is 10. The first-order valence-corrected chi connectivity index (χ1v) is 41.8. The van der Waals surface area contributed by atoms with Gasteiger partial charge in [0.15, 0.2) is 6.23 Å². The number of hydrogen-bond acceptors (Lipinski definition) is 24. The third kappa shape index (κ3) is 31.7. The quantitative estimate of drug-likeness (QED) is 0.0252. The van der Waals surface area contributed by atoms with Crippen LogP contribution in [0.3, 0.4) is 0 Å². The van der Waals surface area contributed by atoms with Crippen molar-refractivity contribution in [2.24, 2.45) is 29.2 Å². The molecule has 0 spiro atoms. The highest BCUT2D eigenvalue weighted by atomic mass is 32.2. The number of carbonyl (C=O) groups is 12. The average Bonchev–Trinajstić information content (AvgIpc) is 1.75. The number of aliphatic hydroxyl groups is 7. The van der Waals surface area contributed by atoms with Crippen LogP contribution in [0.1, 0.15) is 181 Å². The van der Waals surface area contributed by atoms with Crippen molar-refractivity contribution in [3.05, 3.63) is 65.7 Å². The Morgan fingerprint density at radius 3 is 1.90 bits per heavy atom. The fourth-order valence-electron chi connectivity index (χ4n) is 14.4. The van der Waals surface area contributed by atoms with Gasteiger partial charge in [0.25, 0.3) is 0 Å². The molecule has 0 unspecified atom stereocenters.